The van der Waals surface area contributed by atoms with E-state index in [4.69, 9.17) is 9.47 Å². The first-order valence-electron chi connectivity index (χ1n) is 6.74. The fraction of sp³-hybridized carbons (Fsp3) is 0.857. The molecule has 0 aliphatic carbocycles. The van der Waals surface area contributed by atoms with Gasteiger partial charge in [-0.3, -0.25) is 9.59 Å². The highest BCUT2D eigenvalue weighted by atomic mass is 16.5. The molecule has 0 heterocycles. The molecule has 0 aromatic carbocycles. The van der Waals surface area contributed by atoms with E-state index in [0.717, 1.165) is 0 Å². The Bertz CT molecular complexity index is 305. The lowest BCUT2D eigenvalue weighted by molar-refractivity contribution is -0.172. The van der Waals surface area contributed by atoms with Crippen LogP contribution in [0.2, 0.25) is 0 Å². The Kier molecular flexibility index (Phi) is 7.05. The number of esters is 1. The fourth-order valence-corrected chi connectivity index (χ4v) is 1.86. The van der Waals surface area contributed by atoms with Crippen LogP contribution in [0.25, 0.3) is 0 Å². The van der Waals surface area contributed by atoms with E-state index in [1.54, 1.807) is 6.92 Å². The molecule has 19 heavy (non-hydrogen) atoms. The second-order valence-corrected chi connectivity index (χ2v) is 5.57. The van der Waals surface area contributed by atoms with Gasteiger partial charge in [-0.05, 0) is 40.5 Å². The van der Waals surface area contributed by atoms with Crippen molar-refractivity contribution in [1.29, 1.82) is 0 Å². The molecule has 0 aliphatic rings. The molecule has 0 fully saturated rings. The van der Waals surface area contributed by atoms with Crippen LogP contribution in [0.4, 0.5) is 0 Å². The number of hydrogen-bond donors (Lipinski definition) is 1. The van der Waals surface area contributed by atoms with E-state index in [1.165, 1.54) is 0 Å². The lowest BCUT2D eigenvalue weighted by Gasteiger charge is -2.28. The molecule has 1 N–H and O–H groups in total. The molecule has 0 saturated heterocycles. The monoisotopic (exact) mass is 274 g/mol. The van der Waals surface area contributed by atoms with Crippen LogP contribution in [0.3, 0.4) is 0 Å². The van der Waals surface area contributed by atoms with Crippen molar-refractivity contribution in [2.75, 3.05) is 13.2 Å². The maximum absolute atomic E-state index is 12.0. The van der Waals surface area contributed by atoms with Crippen molar-refractivity contribution < 1.29 is 24.2 Å². The summed E-state index contributed by atoms with van der Waals surface area (Å²) < 4.78 is 10.5. The summed E-state index contributed by atoms with van der Waals surface area (Å²) in [5.41, 5.74) is -1.85. The van der Waals surface area contributed by atoms with Gasteiger partial charge in [-0.2, -0.15) is 0 Å². The zero-order valence-corrected chi connectivity index (χ0v) is 12.6. The van der Waals surface area contributed by atoms with Crippen molar-refractivity contribution in [3.8, 4) is 0 Å². The highest BCUT2D eigenvalue weighted by Gasteiger charge is 2.46. The van der Waals surface area contributed by atoms with Crippen molar-refractivity contribution in [1.82, 2.24) is 0 Å². The van der Waals surface area contributed by atoms with Gasteiger partial charge in [0.25, 0.3) is 0 Å². The van der Waals surface area contributed by atoms with Gasteiger partial charge in [-0.15, -0.1) is 0 Å². The molecule has 0 aromatic heterocycles. The van der Waals surface area contributed by atoms with Gasteiger partial charge in [-0.25, -0.2) is 0 Å². The molecule has 0 spiro atoms. The predicted octanol–water partition coefficient (Wildman–Crippen LogP) is 2.63. The highest BCUT2D eigenvalue weighted by Crippen LogP contribution is 2.31. The van der Waals surface area contributed by atoms with E-state index in [0.29, 0.717) is 6.42 Å². The minimum absolute atomic E-state index is 0.131. The summed E-state index contributed by atoms with van der Waals surface area (Å²) in [5.74, 6) is -1.80. The number of carboxylic acid groups (broad SMARTS) is 1. The molecule has 0 aromatic rings. The molecule has 0 saturated carbocycles. The first-order valence-corrected chi connectivity index (χ1v) is 6.74. The molecule has 0 bridgehead atoms. The normalized spacial score (nSPS) is 14.8. The molecule has 0 amide bonds. The average molecular weight is 274 g/mol. The standard InChI is InChI=1S/C14H26O5/c1-6-8-14(11(15)16,12(17)18-7-2)9-10-19-13(3,4)5/h6-10H2,1-5H3,(H,15,16). The Balaban J connectivity index is 4.92. The van der Waals surface area contributed by atoms with Gasteiger partial charge in [-0.1, -0.05) is 13.3 Å². The maximum atomic E-state index is 12.0. The van der Waals surface area contributed by atoms with Crippen LogP contribution in [0, 0.1) is 5.41 Å². The van der Waals surface area contributed by atoms with Crippen molar-refractivity contribution in [2.45, 2.75) is 59.5 Å². The molecule has 1 atom stereocenters. The Hall–Kier alpha value is -1.10. The largest absolute Gasteiger partial charge is 0.480 e. The van der Waals surface area contributed by atoms with Gasteiger partial charge >= 0.3 is 11.9 Å². The summed E-state index contributed by atoms with van der Waals surface area (Å²) >= 11 is 0. The van der Waals surface area contributed by atoms with E-state index >= 15 is 0 Å². The van der Waals surface area contributed by atoms with Crippen LogP contribution >= 0.6 is 0 Å². The van der Waals surface area contributed by atoms with E-state index < -0.39 is 17.4 Å². The van der Waals surface area contributed by atoms with Crippen LogP contribution in [-0.2, 0) is 19.1 Å². The average Bonchev–Trinajstić information content (AvgIpc) is 2.26. The smallest absolute Gasteiger partial charge is 0.323 e. The number of carbonyl (C=O) groups is 2. The number of hydrogen-bond acceptors (Lipinski definition) is 4. The third kappa shape index (κ3) is 5.59. The first kappa shape index (κ1) is 17.9. The maximum Gasteiger partial charge on any atom is 0.323 e. The third-order valence-corrected chi connectivity index (χ3v) is 2.82. The Morgan fingerprint density at radius 1 is 1.11 bits per heavy atom. The van der Waals surface area contributed by atoms with Crippen LogP contribution in [-0.4, -0.2) is 35.9 Å². The van der Waals surface area contributed by atoms with Crippen LogP contribution in [0.5, 0.6) is 0 Å². The number of carbonyl (C=O) groups excluding carboxylic acids is 1. The summed E-state index contributed by atoms with van der Waals surface area (Å²) in [6, 6.07) is 0. The number of ether oxygens (including phenoxy) is 2. The zero-order chi connectivity index (χ0) is 15.1. The molecule has 0 rings (SSSR count). The number of rotatable bonds is 8. The Morgan fingerprint density at radius 3 is 2.05 bits per heavy atom. The summed E-state index contributed by atoms with van der Waals surface area (Å²) in [7, 11) is 0. The molecule has 112 valence electrons. The molecule has 5 heteroatoms. The molecule has 0 radical (unpaired) electrons. The minimum atomic E-state index is -1.49. The van der Waals surface area contributed by atoms with E-state index in [-0.39, 0.29) is 31.7 Å². The van der Waals surface area contributed by atoms with Crippen molar-refractivity contribution >= 4 is 11.9 Å². The minimum Gasteiger partial charge on any atom is -0.480 e. The van der Waals surface area contributed by atoms with Crippen molar-refractivity contribution in [3.05, 3.63) is 0 Å². The SMILES string of the molecule is CCCC(CCOC(C)(C)C)(C(=O)O)C(=O)OCC. The lowest BCUT2D eigenvalue weighted by atomic mass is 9.80. The topological polar surface area (TPSA) is 72.8 Å². The fourth-order valence-electron chi connectivity index (χ4n) is 1.86. The summed E-state index contributed by atoms with van der Waals surface area (Å²) in [5, 5.41) is 9.42. The first-order chi connectivity index (χ1) is 8.69. The molecular formula is C14H26O5. The molecular weight excluding hydrogens is 248 g/mol. The second kappa shape index (κ2) is 7.48. The number of carboxylic acids is 1. The van der Waals surface area contributed by atoms with Gasteiger partial charge < -0.3 is 14.6 Å². The quantitative estimate of drug-likeness (QED) is 0.544. The van der Waals surface area contributed by atoms with Crippen LogP contribution in [0.15, 0.2) is 0 Å². The van der Waals surface area contributed by atoms with E-state index in [1.807, 2.05) is 27.7 Å². The van der Waals surface area contributed by atoms with Crippen LogP contribution in [0.1, 0.15) is 53.9 Å². The van der Waals surface area contributed by atoms with Crippen molar-refractivity contribution in [2.24, 2.45) is 5.41 Å². The summed E-state index contributed by atoms with van der Waals surface area (Å²) in [4.78, 5) is 23.5. The molecule has 1 unspecified atom stereocenters. The second-order valence-electron chi connectivity index (χ2n) is 5.57. The predicted molar refractivity (Wildman–Crippen MR) is 71.9 cm³/mol. The van der Waals surface area contributed by atoms with Gasteiger partial charge in [0.05, 0.1) is 12.2 Å². The summed E-state index contributed by atoms with van der Waals surface area (Å²) in [6.07, 6.45) is 0.988. The summed E-state index contributed by atoms with van der Waals surface area (Å²) in [6.45, 7) is 9.58. The zero-order valence-electron chi connectivity index (χ0n) is 12.6. The molecule has 5 nitrogen and oxygen atoms in total. The van der Waals surface area contributed by atoms with Gasteiger partial charge in [0.15, 0.2) is 5.41 Å². The van der Waals surface area contributed by atoms with Gasteiger partial charge in [0.1, 0.15) is 0 Å². The third-order valence-electron chi connectivity index (χ3n) is 2.82. The van der Waals surface area contributed by atoms with Gasteiger partial charge in [0.2, 0.25) is 0 Å². The van der Waals surface area contributed by atoms with Crippen molar-refractivity contribution in [3.63, 3.8) is 0 Å². The van der Waals surface area contributed by atoms with Gasteiger partial charge in [0, 0.05) is 6.61 Å². The molecule has 0 aliphatic heterocycles. The van der Waals surface area contributed by atoms with E-state index in [2.05, 4.69) is 0 Å². The number of aliphatic carboxylic acids is 1. The lowest BCUT2D eigenvalue weighted by Crippen LogP contribution is -2.42. The van der Waals surface area contributed by atoms with Crippen LogP contribution < -0.4 is 0 Å². The Morgan fingerprint density at radius 2 is 1.68 bits per heavy atom. The van der Waals surface area contributed by atoms with E-state index in [9.17, 15) is 14.7 Å². The Labute approximate surface area is 115 Å². The highest BCUT2D eigenvalue weighted by molar-refractivity contribution is 5.99.